The fraction of sp³-hybridized carbons (Fsp3) is 0.333. The van der Waals surface area contributed by atoms with Gasteiger partial charge >= 0.3 is 0 Å². The fourth-order valence-corrected chi connectivity index (χ4v) is 7.00. The molecular formula is C33H36N2O3S. The van der Waals surface area contributed by atoms with E-state index >= 15 is 0 Å². The summed E-state index contributed by atoms with van der Waals surface area (Å²) in [5.74, 6) is 0.719. The molecule has 2 amide bonds. The van der Waals surface area contributed by atoms with Gasteiger partial charge in [-0.05, 0) is 67.7 Å². The Morgan fingerprint density at radius 1 is 1.03 bits per heavy atom. The van der Waals surface area contributed by atoms with Crippen LogP contribution in [0.5, 0.6) is 5.75 Å². The van der Waals surface area contributed by atoms with E-state index in [1.165, 1.54) is 29.5 Å². The Kier molecular flexibility index (Phi) is 8.41. The number of carbonyl (C=O) groups excluding carboxylic acids is 2. The summed E-state index contributed by atoms with van der Waals surface area (Å²) < 4.78 is 5.37. The molecule has 3 aromatic carbocycles. The highest BCUT2D eigenvalue weighted by molar-refractivity contribution is 8.04. The van der Waals surface area contributed by atoms with E-state index in [-0.39, 0.29) is 17.9 Å². The number of hydrogen-bond acceptors (Lipinski definition) is 4. The standard InChI is InChI=1S/C33H36N2O3S/c1-22-12-13-23(2)27(18-22)21-35-28-9-5-7-11-30(28)39-31(33(35)37)19-24-14-16-25(17-15-24)32(36)34-20-26-8-4-6-10-29(26)38-3/h4,6,8,10,12-19,28,30H,5,7,9,11,20-21H2,1-3H3,(H,34,36)/b31-19-. The number of amides is 2. The minimum atomic E-state index is -0.145. The Hall–Kier alpha value is -3.51. The highest BCUT2D eigenvalue weighted by Gasteiger charge is 2.40. The number of rotatable bonds is 7. The second kappa shape index (κ2) is 12.1. The van der Waals surface area contributed by atoms with E-state index < -0.39 is 0 Å². The molecule has 1 heterocycles. The van der Waals surface area contributed by atoms with E-state index in [4.69, 9.17) is 4.74 Å². The number of aryl methyl sites for hydroxylation is 2. The topological polar surface area (TPSA) is 58.6 Å². The monoisotopic (exact) mass is 540 g/mol. The molecule has 1 aliphatic carbocycles. The molecule has 2 aliphatic rings. The van der Waals surface area contributed by atoms with Gasteiger partial charge in [-0.1, -0.05) is 66.9 Å². The highest BCUT2D eigenvalue weighted by Crippen LogP contribution is 2.43. The average Bonchev–Trinajstić information content (AvgIpc) is 2.96. The molecule has 202 valence electrons. The number of nitrogens with zero attached hydrogens (tertiary/aromatic N) is 1. The van der Waals surface area contributed by atoms with Crippen LogP contribution in [0, 0.1) is 13.8 Å². The van der Waals surface area contributed by atoms with E-state index in [1.54, 1.807) is 18.9 Å². The molecule has 39 heavy (non-hydrogen) atoms. The van der Waals surface area contributed by atoms with Gasteiger partial charge in [0.1, 0.15) is 5.75 Å². The molecule has 1 N–H and O–H groups in total. The second-order valence-corrected chi connectivity index (χ2v) is 11.8. The van der Waals surface area contributed by atoms with Crippen molar-refractivity contribution < 1.29 is 14.3 Å². The normalized spacial score (nSPS) is 20.0. The number of fused-ring (bicyclic) bond motifs is 1. The van der Waals surface area contributed by atoms with Crippen LogP contribution < -0.4 is 10.1 Å². The van der Waals surface area contributed by atoms with Crippen LogP contribution in [-0.2, 0) is 17.9 Å². The lowest BCUT2D eigenvalue weighted by Gasteiger charge is -2.44. The summed E-state index contributed by atoms with van der Waals surface area (Å²) in [6, 6.07) is 21.9. The lowest BCUT2D eigenvalue weighted by Crippen LogP contribution is -2.50. The number of thioether (sulfide) groups is 1. The molecule has 0 bridgehead atoms. The Labute approximate surface area is 235 Å². The summed E-state index contributed by atoms with van der Waals surface area (Å²) in [6.45, 7) is 5.27. The zero-order valence-corrected chi connectivity index (χ0v) is 23.7. The third kappa shape index (κ3) is 6.22. The lowest BCUT2D eigenvalue weighted by molar-refractivity contribution is -0.130. The zero-order valence-electron chi connectivity index (χ0n) is 22.9. The molecule has 1 saturated heterocycles. The summed E-state index contributed by atoms with van der Waals surface area (Å²) in [4.78, 5) is 29.5. The van der Waals surface area contributed by atoms with Crippen LogP contribution in [0.2, 0.25) is 0 Å². The van der Waals surface area contributed by atoms with Crippen molar-refractivity contribution in [3.8, 4) is 5.75 Å². The van der Waals surface area contributed by atoms with E-state index in [0.29, 0.717) is 23.9 Å². The van der Waals surface area contributed by atoms with E-state index in [1.807, 2.05) is 54.6 Å². The van der Waals surface area contributed by atoms with Crippen LogP contribution >= 0.6 is 11.8 Å². The smallest absolute Gasteiger partial charge is 0.260 e. The van der Waals surface area contributed by atoms with Crippen LogP contribution in [0.3, 0.4) is 0 Å². The summed E-state index contributed by atoms with van der Waals surface area (Å²) in [5.41, 5.74) is 6.10. The van der Waals surface area contributed by atoms with Crippen molar-refractivity contribution >= 4 is 29.7 Å². The average molecular weight is 541 g/mol. The molecule has 1 aliphatic heterocycles. The Balaban J connectivity index is 1.31. The van der Waals surface area contributed by atoms with Gasteiger partial charge in [-0.2, -0.15) is 0 Å². The number of para-hydroxylation sites is 1. The molecule has 6 heteroatoms. The van der Waals surface area contributed by atoms with E-state index in [0.717, 1.165) is 34.6 Å². The van der Waals surface area contributed by atoms with Crippen LogP contribution in [0.1, 0.15) is 63.9 Å². The van der Waals surface area contributed by atoms with Gasteiger partial charge in [-0.15, -0.1) is 11.8 Å². The first-order valence-electron chi connectivity index (χ1n) is 13.7. The summed E-state index contributed by atoms with van der Waals surface area (Å²) >= 11 is 1.74. The van der Waals surface area contributed by atoms with Crippen molar-refractivity contribution in [3.05, 3.63) is 105 Å². The van der Waals surface area contributed by atoms with Crippen molar-refractivity contribution in [2.24, 2.45) is 0 Å². The van der Waals surface area contributed by atoms with Gasteiger partial charge in [-0.25, -0.2) is 0 Å². The van der Waals surface area contributed by atoms with Crippen LogP contribution in [0.4, 0.5) is 0 Å². The Morgan fingerprint density at radius 3 is 2.59 bits per heavy atom. The van der Waals surface area contributed by atoms with E-state index in [2.05, 4.69) is 42.3 Å². The summed E-state index contributed by atoms with van der Waals surface area (Å²) in [7, 11) is 1.63. The van der Waals surface area contributed by atoms with Crippen molar-refractivity contribution in [2.45, 2.75) is 63.9 Å². The maximum atomic E-state index is 13.8. The first-order chi connectivity index (χ1) is 18.9. The highest BCUT2D eigenvalue weighted by atomic mass is 32.2. The maximum Gasteiger partial charge on any atom is 0.260 e. The quantitative estimate of drug-likeness (QED) is 0.340. The predicted octanol–water partition coefficient (Wildman–Crippen LogP) is 6.67. The molecular weight excluding hydrogens is 504 g/mol. The van der Waals surface area contributed by atoms with Crippen LogP contribution in [-0.4, -0.2) is 35.1 Å². The number of hydrogen-bond donors (Lipinski definition) is 1. The number of nitrogens with one attached hydrogen (secondary N) is 1. The summed E-state index contributed by atoms with van der Waals surface area (Å²) in [6.07, 6.45) is 6.59. The van der Waals surface area contributed by atoms with Crippen LogP contribution in [0.15, 0.2) is 71.6 Å². The van der Waals surface area contributed by atoms with Gasteiger partial charge in [0.25, 0.3) is 11.8 Å². The van der Waals surface area contributed by atoms with Gasteiger partial charge < -0.3 is 15.0 Å². The van der Waals surface area contributed by atoms with Crippen molar-refractivity contribution in [1.29, 1.82) is 0 Å². The molecule has 3 aromatic rings. The fourth-order valence-electron chi connectivity index (χ4n) is 5.52. The van der Waals surface area contributed by atoms with Crippen molar-refractivity contribution in [3.63, 3.8) is 0 Å². The van der Waals surface area contributed by atoms with E-state index in [9.17, 15) is 9.59 Å². The number of ether oxygens (including phenoxy) is 1. The predicted molar refractivity (Wildman–Crippen MR) is 159 cm³/mol. The first-order valence-corrected chi connectivity index (χ1v) is 14.6. The molecule has 1 saturated carbocycles. The molecule has 5 nitrogen and oxygen atoms in total. The first kappa shape index (κ1) is 27.1. The van der Waals surface area contributed by atoms with Crippen molar-refractivity contribution in [2.75, 3.05) is 7.11 Å². The molecule has 2 fully saturated rings. The minimum Gasteiger partial charge on any atom is -0.496 e. The molecule has 0 aromatic heterocycles. The molecule has 2 atom stereocenters. The lowest BCUT2D eigenvalue weighted by atomic mass is 9.92. The number of methoxy groups -OCH3 is 1. The largest absolute Gasteiger partial charge is 0.496 e. The SMILES string of the molecule is COc1ccccc1CNC(=O)c1ccc(/C=C2\SC3CCCCC3N(Cc3cc(C)ccc3C)C2=O)cc1. The third-order valence-electron chi connectivity index (χ3n) is 7.77. The second-order valence-electron chi connectivity index (χ2n) is 10.5. The molecule has 2 unspecified atom stereocenters. The van der Waals surface area contributed by atoms with Gasteiger partial charge in [0.2, 0.25) is 0 Å². The Morgan fingerprint density at radius 2 is 1.79 bits per heavy atom. The Bertz CT molecular complexity index is 1380. The molecule has 0 spiro atoms. The van der Waals surface area contributed by atoms with Gasteiger partial charge in [-0.3, -0.25) is 9.59 Å². The zero-order chi connectivity index (χ0) is 27.4. The number of carbonyl (C=O) groups is 2. The molecule has 5 rings (SSSR count). The minimum absolute atomic E-state index is 0.114. The molecule has 0 radical (unpaired) electrons. The van der Waals surface area contributed by atoms with Gasteiger partial charge in [0, 0.05) is 35.5 Å². The third-order valence-corrected chi connectivity index (χ3v) is 9.16. The van der Waals surface area contributed by atoms with Crippen LogP contribution in [0.25, 0.3) is 6.08 Å². The summed E-state index contributed by atoms with van der Waals surface area (Å²) in [5, 5.41) is 3.39. The van der Waals surface area contributed by atoms with Crippen molar-refractivity contribution in [1.82, 2.24) is 10.2 Å². The number of benzene rings is 3. The van der Waals surface area contributed by atoms with Gasteiger partial charge in [0.15, 0.2) is 0 Å². The van der Waals surface area contributed by atoms with Gasteiger partial charge in [0.05, 0.1) is 12.0 Å². The maximum absolute atomic E-state index is 13.8.